The first-order chi connectivity index (χ1) is 9.99. The van der Waals surface area contributed by atoms with Crippen LogP contribution in [0, 0.1) is 13.8 Å². The molecule has 0 fully saturated rings. The number of hydrogen-bond acceptors (Lipinski definition) is 3. The number of benzene rings is 1. The number of nitrogens with one attached hydrogen (secondary N) is 2. The molecule has 0 aliphatic carbocycles. The van der Waals surface area contributed by atoms with Crippen molar-refractivity contribution in [3.8, 4) is 0 Å². The van der Waals surface area contributed by atoms with E-state index in [-0.39, 0.29) is 17.5 Å². The van der Waals surface area contributed by atoms with Crippen molar-refractivity contribution < 1.29 is 9.90 Å². The van der Waals surface area contributed by atoms with Crippen molar-refractivity contribution in [3.63, 3.8) is 0 Å². The molecule has 1 aromatic heterocycles. The molecular formula is C16H18N2O3. The van der Waals surface area contributed by atoms with E-state index in [0.717, 1.165) is 11.1 Å². The quantitative estimate of drug-likeness (QED) is 0.795. The summed E-state index contributed by atoms with van der Waals surface area (Å²) in [6.07, 6.45) is 0.576. The van der Waals surface area contributed by atoms with Gasteiger partial charge in [0.05, 0.1) is 6.10 Å². The molecule has 0 spiro atoms. The molecule has 3 N–H and O–H groups in total. The number of hydrogen-bond donors (Lipinski definition) is 3. The fourth-order valence-electron chi connectivity index (χ4n) is 2.11. The number of carbonyl (C=O) groups excluding carboxylic acids is 1. The first kappa shape index (κ1) is 15.0. The first-order valence-electron chi connectivity index (χ1n) is 6.70. The van der Waals surface area contributed by atoms with Crippen LogP contribution >= 0.6 is 0 Å². The standard InChI is InChI=1S/C16H18N2O3/c1-10-5-3-4-6-12(10)15(20)9-18-16(21)13-8-17-11(2)7-14(13)19/h3-8,15,20H,9H2,1-2H3,(H,17,19)(H,18,21). The lowest BCUT2D eigenvalue weighted by Crippen LogP contribution is -2.32. The molecule has 0 aliphatic heterocycles. The molecule has 110 valence electrons. The van der Waals surface area contributed by atoms with Gasteiger partial charge in [-0.1, -0.05) is 24.3 Å². The molecule has 2 rings (SSSR count). The minimum Gasteiger partial charge on any atom is -0.387 e. The predicted octanol–water partition coefficient (Wildman–Crippen LogP) is 1.46. The first-order valence-corrected chi connectivity index (χ1v) is 6.70. The summed E-state index contributed by atoms with van der Waals surface area (Å²) in [6.45, 7) is 3.69. The second kappa shape index (κ2) is 6.37. The number of aryl methyl sites for hydroxylation is 2. The minimum atomic E-state index is -0.806. The Morgan fingerprint density at radius 3 is 2.71 bits per heavy atom. The van der Waals surface area contributed by atoms with Gasteiger partial charge in [0, 0.05) is 24.5 Å². The van der Waals surface area contributed by atoms with Crippen LogP contribution in [0.2, 0.25) is 0 Å². The zero-order chi connectivity index (χ0) is 15.4. The van der Waals surface area contributed by atoms with E-state index >= 15 is 0 Å². The Hall–Kier alpha value is -2.40. The summed E-state index contributed by atoms with van der Waals surface area (Å²) in [7, 11) is 0. The fraction of sp³-hybridized carbons (Fsp3) is 0.250. The number of carbonyl (C=O) groups is 1. The molecule has 21 heavy (non-hydrogen) atoms. The number of aliphatic hydroxyl groups is 1. The fourth-order valence-corrected chi connectivity index (χ4v) is 2.11. The van der Waals surface area contributed by atoms with Crippen molar-refractivity contribution in [1.82, 2.24) is 10.3 Å². The number of amides is 1. The van der Waals surface area contributed by atoms with Crippen molar-refractivity contribution >= 4 is 5.91 Å². The van der Waals surface area contributed by atoms with Crippen LogP contribution < -0.4 is 10.7 Å². The van der Waals surface area contributed by atoms with Crippen LogP contribution in [0.5, 0.6) is 0 Å². The molecule has 1 heterocycles. The molecule has 1 unspecified atom stereocenters. The van der Waals surface area contributed by atoms with Crippen LogP contribution in [0.3, 0.4) is 0 Å². The van der Waals surface area contributed by atoms with E-state index in [0.29, 0.717) is 5.69 Å². The summed E-state index contributed by atoms with van der Waals surface area (Å²) in [5.74, 6) is -0.496. The number of aromatic amines is 1. The average Bonchev–Trinajstić information content (AvgIpc) is 2.45. The predicted molar refractivity (Wildman–Crippen MR) is 80.3 cm³/mol. The van der Waals surface area contributed by atoms with Crippen LogP contribution in [0.1, 0.15) is 33.3 Å². The van der Waals surface area contributed by atoms with Crippen molar-refractivity contribution in [2.45, 2.75) is 20.0 Å². The maximum Gasteiger partial charge on any atom is 0.256 e. The van der Waals surface area contributed by atoms with Crippen molar-refractivity contribution in [2.24, 2.45) is 0 Å². The summed E-state index contributed by atoms with van der Waals surface area (Å²) in [5.41, 5.74) is 2.10. The van der Waals surface area contributed by atoms with Crippen molar-refractivity contribution in [2.75, 3.05) is 6.54 Å². The van der Waals surface area contributed by atoms with E-state index in [1.165, 1.54) is 12.3 Å². The molecule has 0 bridgehead atoms. The van der Waals surface area contributed by atoms with E-state index in [1.54, 1.807) is 6.92 Å². The maximum absolute atomic E-state index is 12.0. The number of rotatable bonds is 4. The molecule has 5 heteroatoms. The highest BCUT2D eigenvalue weighted by Gasteiger charge is 2.14. The van der Waals surface area contributed by atoms with Gasteiger partial charge in [-0.05, 0) is 25.0 Å². The molecule has 0 saturated heterocycles. The van der Waals surface area contributed by atoms with Crippen LogP contribution in [-0.4, -0.2) is 22.5 Å². The van der Waals surface area contributed by atoms with Gasteiger partial charge in [-0.3, -0.25) is 9.59 Å². The molecule has 1 atom stereocenters. The van der Waals surface area contributed by atoms with Crippen molar-refractivity contribution in [3.05, 3.63) is 69.1 Å². The van der Waals surface area contributed by atoms with Crippen LogP contribution in [0.25, 0.3) is 0 Å². The van der Waals surface area contributed by atoms with Crippen LogP contribution in [0.4, 0.5) is 0 Å². The molecule has 2 aromatic rings. The number of H-pyrrole nitrogens is 1. The summed E-state index contributed by atoms with van der Waals surface area (Å²) in [4.78, 5) is 26.5. The third-order valence-electron chi connectivity index (χ3n) is 3.31. The van der Waals surface area contributed by atoms with Gasteiger partial charge in [-0.15, -0.1) is 0 Å². The molecule has 0 saturated carbocycles. The summed E-state index contributed by atoms with van der Waals surface area (Å²) < 4.78 is 0. The zero-order valence-corrected chi connectivity index (χ0v) is 12.0. The summed E-state index contributed by atoms with van der Waals surface area (Å²) >= 11 is 0. The van der Waals surface area contributed by atoms with Crippen LogP contribution in [0.15, 0.2) is 41.3 Å². The van der Waals surface area contributed by atoms with E-state index in [1.807, 2.05) is 31.2 Å². The Bertz CT molecular complexity index is 707. The lowest BCUT2D eigenvalue weighted by atomic mass is 10.0. The highest BCUT2D eigenvalue weighted by Crippen LogP contribution is 2.16. The normalized spacial score (nSPS) is 12.0. The molecule has 1 amide bonds. The second-order valence-corrected chi connectivity index (χ2v) is 4.98. The SMILES string of the molecule is Cc1cc(=O)c(C(=O)NCC(O)c2ccccc2C)c[nH]1. The second-order valence-electron chi connectivity index (χ2n) is 4.98. The Morgan fingerprint density at radius 1 is 1.33 bits per heavy atom. The van der Waals surface area contributed by atoms with Gasteiger partial charge >= 0.3 is 0 Å². The topological polar surface area (TPSA) is 82.2 Å². The monoisotopic (exact) mass is 286 g/mol. The van der Waals surface area contributed by atoms with E-state index in [2.05, 4.69) is 10.3 Å². The molecular weight excluding hydrogens is 268 g/mol. The third kappa shape index (κ3) is 3.58. The highest BCUT2D eigenvalue weighted by molar-refractivity contribution is 5.93. The lowest BCUT2D eigenvalue weighted by molar-refractivity contribution is 0.0914. The molecule has 0 aliphatic rings. The average molecular weight is 286 g/mol. The van der Waals surface area contributed by atoms with Crippen LogP contribution in [-0.2, 0) is 0 Å². The van der Waals surface area contributed by atoms with Gasteiger partial charge in [0.25, 0.3) is 5.91 Å². The molecule has 1 aromatic carbocycles. The van der Waals surface area contributed by atoms with E-state index in [9.17, 15) is 14.7 Å². The molecule has 5 nitrogen and oxygen atoms in total. The van der Waals surface area contributed by atoms with Gasteiger partial charge in [-0.25, -0.2) is 0 Å². The number of aliphatic hydroxyl groups excluding tert-OH is 1. The van der Waals surface area contributed by atoms with Crippen molar-refractivity contribution in [1.29, 1.82) is 0 Å². The Labute approximate surface area is 122 Å². The van der Waals surface area contributed by atoms with Gasteiger partial charge in [-0.2, -0.15) is 0 Å². The summed E-state index contributed by atoms with van der Waals surface area (Å²) in [5, 5.41) is 12.7. The van der Waals surface area contributed by atoms with E-state index < -0.39 is 12.0 Å². The lowest BCUT2D eigenvalue weighted by Gasteiger charge is -2.14. The number of aromatic nitrogens is 1. The van der Waals surface area contributed by atoms with E-state index in [4.69, 9.17) is 0 Å². The highest BCUT2D eigenvalue weighted by atomic mass is 16.3. The Morgan fingerprint density at radius 2 is 2.05 bits per heavy atom. The maximum atomic E-state index is 12.0. The largest absolute Gasteiger partial charge is 0.387 e. The smallest absolute Gasteiger partial charge is 0.256 e. The molecule has 0 radical (unpaired) electrons. The van der Waals surface area contributed by atoms with Gasteiger partial charge in [0.2, 0.25) is 0 Å². The van der Waals surface area contributed by atoms with Gasteiger partial charge in [0.15, 0.2) is 5.43 Å². The minimum absolute atomic E-state index is 0.0394. The Kier molecular flexibility index (Phi) is 4.55. The van der Waals surface area contributed by atoms with Gasteiger partial charge in [0.1, 0.15) is 5.56 Å². The number of pyridine rings is 1. The summed E-state index contributed by atoms with van der Waals surface area (Å²) in [6, 6.07) is 8.79. The Balaban J connectivity index is 2.04. The van der Waals surface area contributed by atoms with Gasteiger partial charge < -0.3 is 15.4 Å². The third-order valence-corrected chi connectivity index (χ3v) is 3.31. The zero-order valence-electron chi connectivity index (χ0n) is 12.0.